The number of halogens is 4. The summed E-state index contributed by atoms with van der Waals surface area (Å²) < 4.78 is 39.7. The first kappa shape index (κ1) is 14.4. The first-order valence-electron chi connectivity index (χ1n) is 6.06. The number of carbonyl (C=O) groups excluding carboxylic acids is 1. The fourth-order valence-electron chi connectivity index (χ4n) is 2.27. The number of carbonyl (C=O) groups is 1. The zero-order chi connectivity index (χ0) is 14.0. The molecule has 1 aliphatic rings. The average molecular weight is 336 g/mol. The molecule has 0 bridgehead atoms. The molecule has 0 aliphatic carbocycles. The molecular formula is C13H13BrF3NO. The number of benzene rings is 1. The Balaban J connectivity index is 2.31. The van der Waals surface area contributed by atoms with Crippen LogP contribution in [0.5, 0.6) is 0 Å². The zero-order valence-corrected chi connectivity index (χ0v) is 11.7. The van der Waals surface area contributed by atoms with Crippen molar-refractivity contribution < 1.29 is 18.0 Å². The molecule has 1 amide bonds. The van der Waals surface area contributed by atoms with Gasteiger partial charge in [0, 0.05) is 17.9 Å². The topological polar surface area (TPSA) is 20.3 Å². The van der Waals surface area contributed by atoms with E-state index in [2.05, 4.69) is 15.9 Å². The number of hydrogen-bond acceptors (Lipinski definition) is 1. The van der Waals surface area contributed by atoms with Crippen molar-refractivity contribution in [3.8, 4) is 0 Å². The van der Waals surface area contributed by atoms with Crippen LogP contribution in [-0.4, -0.2) is 28.7 Å². The van der Waals surface area contributed by atoms with E-state index in [4.69, 9.17) is 0 Å². The van der Waals surface area contributed by atoms with Gasteiger partial charge in [0.05, 0.1) is 5.56 Å². The molecule has 1 aliphatic heterocycles. The lowest BCUT2D eigenvalue weighted by Crippen LogP contribution is -2.45. The van der Waals surface area contributed by atoms with Crippen molar-refractivity contribution in [2.45, 2.75) is 25.3 Å². The lowest BCUT2D eigenvalue weighted by atomic mass is 10.0. The van der Waals surface area contributed by atoms with Crippen molar-refractivity contribution in [3.63, 3.8) is 0 Å². The van der Waals surface area contributed by atoms with E-state index in [1.54, 1.807) is 0 Å². The highest BCUT2D eigenvalue weighted by Gasteiger charge is 2.29. The smallest absolute Gasteiger partial charge is 0.257 e. The van der Waals surface area contributed by atoms with Gasteiger partial charge in [0.25, 0.3) is 5.91 Å². The van der Waals surface area contributed by atoms with Crippen LogP contribution in [0.2, 0.25) is 0 Å². The number of likely N-dealkylation sites (tertiary alicyclic amines) is 1. The molecule has 1 atom stereocenters. The standard InChI is InChI=1S/C13H13BrF3NO/c14-7-8-3-1-2-6-18(8)13(19)9-4-5-10(15)12(17)11(9)16/h4-5,8H,1-3,6-7H2. The summed E-state index contributed by atoms with van der Waals surface area (Å²) in [6, 6.07) is 1.74. The van der Waals surface area contributed by atoms with E-state index in [1.807, 2.05) is 0 Å². The third-order valence-corrected chi connectivity index (χ3v) is 4.08. The Morgan fingerprint density at radius 3 is 2.68 bits per heavy atom. The van der Waals surface area contributed by atoms with Crippen LogP contribution in [0.15, 0.2) is 12.1 Å². The first-order chi connectivity index (χ1) is 9.06. The summed E-state index contributed by atoms with van der Waals surface area (Å²) in [6.45, 7) is 0.507. The van der Waals surface area contributed by atoms with Crippen molar-refractivity contribution in [2.24, 2.45) is 0 Å². The van der Waals surface area contributed by atoms with Gasteiger partial charge in [-0.3, -0.25) is 4.79 Å². The largest absolute Gasteiger partial charge is 0.335 e. The fourth-order valence-corrected chi connectivity index (χ4v) is 2.95. The molecule has 2 rings (SSSR count). The fraction of sp³-hybridized carbons (Fsp3) is 0.462. The molecule has 0 aromatic heterocycles. The Hall–Kier alpha value is -1.04. The number of rotatable bonds is 2. The summed E-state index contributed by atoms with van der Waals surface area (Å²) >= 11 is 3.32. The van der Waals surface area contributed by atoms with Crippen molar-refractivity contribution in [1.82, 2.24) is 4.90 Å². The predicted octanol–water partition coefficient (Wildman–Crippen LogP) is 3.49. The molecule has 1 saturated heterocycles. The van der Waals surface area contributed by atoms with Gasteiger partial charge in [-0.2, -0.15) is 0 Å². The quantitative estimate of drug-likeness (QED) is 0.598. The monoisotopic (exact) mass is 335 g/mol. The molecule has 0 saturated carbocycles. The second-order valence-electron chi connectivity index (χ2n) is 4.53. The normalized spacial score (nSPS) is 19.6. The number of hydrogen-bond donors (Lipinski definition) is 0. The summed E-state index contributed by atoms with van der Waals surface area (Å²) in [7, 11) is 0. The molecular weight excluding hydrogens is 323 g/mol. The second-order valence-corrected chi connectivity index (χ2v) is 5.17. The minimum absolute atomic E-state index is 0.0336. The average Bonchev–Trinajstić information content (AvgIpc) is 2.44. The van der Waals surface area contributed by atoms with Crippen LogP contribution in [0.1, 0.15) is 29.6 Å². The molecule has 104 valence electrons. The van der Waals surface area contributed by atoms with Gasteiger partial charge in [0.15, 0.2) is 17.5 Å². The number of amides is 1. The molecule has 6 heteroatoms. The molecule has 1 unspecified atom stereocenters. The Morgan fingerprint density at radius 2 is 2.00 bits per heavy atom. The molecule has 1 aromatic rings. The van der Waals surface area contributed by atoms with Gasteiger partial charge in [-0.25, -0.2) is 13.2 Å². The van der Waals surface area contributed by atoms with E-state index in [-0.39, 0.29) is 6.04 Å². The van der Waals surface area contributed by atoms with Gasteiger partial charge in [-0.15, -0.1) is 0 Å². The highest BCUT2D eigenvalue weighted by Crippen LogP contribution is 2.23. The van der Waals surface area contributed by atoms with E-state index in [9.17, 15) is 18.0 Å². The molecule has 1 fully saturated rings. The predicted molar refractivity (Wildman–Crippen MR) is 68.8 cm³/mol. The lowest BCUT2D eigenvalue weighted by Gasteiger charge is -2.34. The van der Waals surface area contributed by atoms with Crippen LogP contribution < -0.4 is 0 Å². The van der Waals surface area contributed by atoms with Gasteiger partial charge in [0.2, 0.25) is 0 Å². The van der Waals surface area contributed by atoms with Crippen molar-refractivity contribution in [2.75, 3.05) is 11.9 Å². The molecule has 1 aromatic carbocycles. The Morgan fingerprint density at radius 1 is 1.26 bits per heavy atom. The van der Waals surface area contributed by atoms with Crippen LogP contribution in [0.25, 0.3) is 0 Å². The van der Waals surface area contributed by atoms with Gasteiger partial charge in [0.1, 0.15) is 0 Å². The SMILES string of the molecule is O=C(c1ccc(F)c(F)c1F)N1CCCCC1CBr. The Kier molecular flexibility index (Phi) is 4.50. The molecule has 2 nitrogen and oxygen atoms in total. The molecule has 0 N–H and O–H groups in total. The van der Waals surface area contributed by atoms with Gasteiger partial charge >= 0.3 is 0 Å². The maximum Gasteiger partial charge on any atom is 0.257 e. The summed E-state index contributed by atoms with van der Waals surface area (Å²) in [5.41, 5.74) is -0.410. The van der Waals surface area contributed by atoms with Gasteiger partial charge < -0.3 is 4.90 Å². The molecule has 1 heterocycles. The van der Waals surface area contributed by atoms with Crippen molar-refractivity contribution in [3.05, 3.63) is 35.1 Å². The molecule has 19 heavy (non-hydrogen) atoms. The van der Waals surface area contributed by atoms with E-state index >= 15 is 0 Å². The summed E-state index contributed by atoms with van der Waals surface area (Å²) in [6.07, 6.45) is 2.66. The number of alkyl halides is 1. The van der Waals surface area contributed by atoms with Crippen LogP contribution >= 0.6 is 15.9 Å². The molecule has 0 spiro atoms. The number of nitrogens with zero attached hydrogens (tertiary/aromatic N) is 1. The summed E-state index contributed by atoms with van der Waals surface area (Å²) in [5, 5.41) is 0.587. The van der Waals surface area contributed by atoms with Crippen LogP contribution in [-0.2, 0) is 0 Å². The lowest BCUT2D eigenvalue weighted by molar-refractivity contribution is 0.0635. The van der Waals surface area contributed by atoms with E-state index in [0.29, 0.717) is 11.9 Å². The van der Waals surface area contributed by atoms with Gasteiger partial charge in [-0.05, 0) is 31.4 Å². The van der Waals surface area contributed by atoms with E-state index < -0.39 is 28.9 Å². The summed E-state index contributed by atoms with van der Waals surface area (Å²) in [4.78, 5) is 13.8. The maximum absolute atomic E-state index is 13.6. The highest BCUT2D eigenvalue weighted by atomic mass is 79.9. The highest BCUT2D eigenvalue weighted by molar-refractivity contribution is 9.09. The maximum atomic E-state index is 13.6. The third-order valence-electron chi connectivity index (χ3n) is 3.33. The van der Waals surface area contributed by atoms with E-state index in [0.717, 1.165) is 31.4 Å². The first-order valence-corrected chi connectivity index (χ1v) is 7.19. The van der Waals surface area contributed by atoms with Gasteiger partial charge in [-0.1, -0.05) is 15.9 Å². The molecule has 0 radical (unpaired) electrons. The van der Waals surface area contributed by atoms with Crippen molar-refractivity contribution in [1.29, 1.82) is 0 Å². The third kappa shape index (κ3) is 2.78. The minimum Gasteiger partial charge on any atom is -0.335 e. The summed E-state index contributed by atoms with van der Waals surface area (Å²) in [5.74, 6) is -4.88. The Bertz CT molecular complexity index is 495. The second kappa shape index (κ2) is 5.94. The van der Waals surface area contributed by atoms with Crippen molar-refractivity contribution >= 4 is 21.8 Å². The van der Waals surface area contributed by atoms with E-state index in [1.165, 1.54) is 4.90 Å². The van der Waals surface area contributed by atoms with Crippen LogP contribution in [0.3, 0.4) is 0 Å². The number of piperidine rings is 1. The Labute approximate surface area is 117 Å². The van der Waals surface area contributed by atoms with Crippen LogP contribution in [0, 0.1) is 17.5 Å². The minimum atomic E-state index is -1.60. The zero-order valence-electron chi connectivity index (χ0n) is 10.1. The van der Waals surface area contributed by atoms with Crippen LogP contribution in [0.4, 0.5) is 13.2 Å².